The van der Waals surface area contributed by atoms with E-state index in [-0.39, 0.29) is 17.5 Å². The Morgan fingerprint density at radius 3 is 2.54 bits per heavy atom. The van der Waals surface area contributed by atoms with E-state index in [0.717, 1.165) is 21.3 Å². The molecule has 5 heteroatoms. The fourth-order valence-electron chi connectivity index (χ4n) is 2.46. The van der Waals surface area contributed by atoms with E-state index in [1.54, 1.807) is 4.90 Å². The van der Waals surface area contributed by atoms with E-state index in [2.05, 4.69) is 21.2 Å². The first-order valence-electron chi connectivity index (χ1n) is 8.40. The molecule has 2 aromatic carbocycles. The number of benzene rings is 2. The summed E-state index contributed by atoms with van der Waals surface area (Å²) >= 11 is 3.46. The number of nitrogens with zero attached hydrogens (tertiary/aromatic N) is 2. The zero-order chi connectivity index (χ0) is 19.1. The van der Waals surface area contributed by atoms with Crippen LogP contribution in [0.3, 0.4) is 0 Å². The highest BCUT2D eigenvalue weighted by atomic mass is 79.9. The van der Waals surface area contributed by atoms with Gasteiger partial charge in [-0.25, -0.2) is 0 Å². The molecule has 2 aromatic rings. The Labute approximate surface area is 163 Å². The molecular formula is C21H22BrN3O. The Balaban J connectivity index is 2.18. The predicted molar refractivity (Wildman–Crippen MR) is 108 cm³/mol. The van der Waals surface area contributed by atoms with Gasteiger partial charge in [0, 0.05) is 28.9 Å². The van der Waals surface area contributed by atoms with Gasteiger partial charge >= 0.3 is 0 Å². The number of anilines is 1. The molecule has 0 atom stereocenters. The minimum atomic E-state index is -0.285. The van der Waals surface area contributed by atoms with Gasteiger partial charge in [-0.05, 0) is 50.1 Å². The van der Waals surface area contributed by atoms with Crippen molar-refractivity contribution < 1.29 is 4.79 Å². The van der Waals surface area contributed by atoms with Gasteiger partial charge in [0.05, 0.1) is 0 Å². The van der Waals surface area contributed by atoms with Gasteiger partial charge < -0.3 is 10.2 Å². The lowest BCUT2D eigenvalue weighted by Crippen LogP contribution is -2.37. The Morgan fingerprint density at radius 2 is 1.96 bits per heavy atom. The molecule has 1 N–H and O–H groups in total. The third-order valence-corrected chi connectivity index (χ3v) is 4.86. The summed E-state index contributed by atoms with van der Waals surface area (Å²) in [5, 5.41) is 12.5. The van der Waals surface area contributed by atoms with Crippen molar-refractivity contribution in [3.63, 3.8) is 0 Å². The number of aryl methyl sites for hydroxylation is 1. The second-order valence-electron chi connectivity index (χ2n) is 6.29. The first-order valence-corrected chi connectivity index (χ1v) is 9.19. The van der Waals surface area contributed by atoms with Crippen LogP contribution in [-0.2, 0) is 11.3 Å². The maximum absolute atomic E-state index is 12.9. The summed E-state index contributed by atoms with van der Waals surface area (Å²) in [6, 6.07) is 17.5. The maximum Gasteiger partial charge on any atom is 0.266 e. The van der Waals surface area contributed by atoms with Gasteiger partial charge in [-0.15, -0.1) is 0 Å². The Hall–Kier alpha value is -2.58. The molecule has 0 aliphatic carbocycles. The van der Waals surface area contributed by atoms with Crippen LogP contribution < -0.4 is 5.32 Å². The summed E-state index contributed by atoms with van der Waals surface area (Å²) in [7, 11) is 0. The summed E-state index contributed by atoms with van der Waals surface area (Å²) in [4.78, 5) is 14.5. The maximum atomic E-state index is 12.9. The fourth-order valence-corrected chi connectivity index (χ4v) is 2.70. The molecule has 0 aliphatic heterocycles. The number of hydrogen-bond acceptors (Lipinski definition) is 3. The molecule has 0 aliphatic rings. The molecule has 0 radical (unpaired) electrons. The number of carbonyl (C=O) groups is 1. The van der Waals surface area contributed by atoms with Crippen molar-refractivity contribution in [1.82, 2.24) is 4.90 Å². The molecule has 0 saturated heterocycles. The zero-order valence-electron chi connectivity index (χ0n) is 15.2. The third kappa shape index (κ3) is 5.21. The van der Waals surface area contributed by atoms with E-state index >= 15 is 0 Å². The highest BCUT2D eigenvalue weighted by Gasteiger charge is 2.21. The van der Waals surface area contributed by atoms with Gasteiger partial charge in [0.25, 0.3) is 5.91 Å². The summed E-state index contributed by atoms with van der Waals surface area (Å²) in [6.45, 7) is 6.34. The van der Waals surface area contributed by atoms with E-state index in [0.29, 0.717) is 6.54 Å². The van der Waals surface area contributed by atoms with Crippen molar-refractivity contribution in [2.75, 3.05) is 5.32 Å². The zero-order valence-corrected chi connectivity index (χ0v) is 16.7. The molecule has 1 amide bonds. The second-order valence-corrected chi connectivity index (χ2v) is 7.14. The largest absolute Gasteiger partial charge is 0.360 e. The van der Waals surface area contributed by atoms with Crippen molar-refractivity contribution in [1.29, 1.82) is 5.26 Å². The lowest BCUT2D eigenvalue weighted by molar-refractivity contribution is -0.129. The molecule has 4 nitrogen and oxygen atoms in total. The summed E-state index contributed by atoms with van der Waals surface area (Å²) in [5.74, 6) is -0.285. The van der Waals surface area contributed by atoms with Crippen molar-refractivity contribution in [2.45, 2.75) is 33.4 Å². The number of rotatable bonds is 6. The van der Waals surface area contributed by atoms with E-state index in [1.807, 2.05) is 75.4 Å². The molecule has 0 aromatic heterocycles. The SMILES string of the molecule is Cc1cc(N/C=C(/C#N)C(=O)N(Cc2ccccc2)C(C)C)ccc1Br. The minimum Gasteiger partial charge on any atom is -0.360 e. The Morgan fingerprint density at radius 1 is 1.27 bits per heavy atom. The normalized spacial score (nSPS) is 11.2. The molecule has 2 rings (SSSR count). The van der Waals surface area contributed by atoms with Crippen molar-refractivity contribution in [2.24, 2.45) is 0 Å². The monoisotopic (exact) mass is 411 g/mol. The average Bonchev–Trinajstić information content (AvgIpc) is 2.63. The van der Waals surface area contributed by atoms with Crippen molar-refractivity contribution >= 4 is 27.5 Å². The van der Waals surface area contributed by atoms with Crippen LogP contribution in [-0.4, -0.2) is 16.8 Å². The van der Waals surface area contributed by atoms with Crippen LogP contribution in [0.4, 0.5) is 5.69 Å². The fraction of sp³-hybridized carbons (Fsp3) is 0.238. The standard InChI is InChI=1S/C21H22BrN3O/c1-15(2)25(14-17-7-5-4-6-8-17)21(26)18(12-23)13-24-19-9-10-20(22)16(3)11-19/h4-11,13,15,24H,14H2,1-3H3/b18-13-. The topological polar surface area (TPSA) is 56.1 Å². The molecule has 0 bridgehead atoms. The minimum absolute atomic E-state index is 0.0191. The first kappa shape index (κ1) is 19.7. The van der Waals surface area contributed by atoms with Crippen LogP contribution in [0.1, 0.15) is 25.0 Å². The molecule has 26 heavy (non-hydrogen) atoms. The van der Waals surface area contributed by atoms with Crippen molar-refractivity contribution in [3.8, 4) is 6.07 Å². The second kappa shape index (κ2) is 9.21. The van der Waals surface area contributed by atoms with E-state index in [4.69, 9.17) is 0 Å². The van der Waals surface area contributed by atoms with Gasteiger partial charge in [-0.2, -0.15) is 5.26 Å². The average molecular weight is 412 g/mol. The van der Waals surface area contributed by atoms with Crippen molar-refractivity contribution in [3.05, 3.63) is 75.9 Å². The van der Waals surface area contributed by atoms with Crippen LogP contribution in [0.25, 0.3) is 0 Å². The molecular weight excluding hydrogens is 390 g/mol. The lowest BCUT2D eigenvalue weighted by atomic mass is 10.1. The van der Waals surface area contributed by atoms with Gasteiger partial charge in [-0.1, -0.05) is 46.3 Å². The summed E-state index contributed by atoms with van der Waals surface area (Å²) < 4.78 is 1.01. The van der Waals surface area contributed by atoms with E-state index in [1.165, 1.54) is 6.20 Å². The summed E-state index contributed by atoms with van der Waals surface area (Å²) in [6.07, 6.45) is 1.48. The number of carbonyl (C=O) groups excluding carboxylic acids is 1. The molecule has 0 heterocycles. The number of nitriles is 1. The molecule has 134 valence electrons. The Bertz CT molecular complexity index is 838. The number of amides is 1. The smallest absolute Gasteiger partial charge is 0.266 e. The van der Waals surface area contributed by atoms with Crippen LogP contribution in [0, 0.1) is 18.3 Å². The highest BCUT2D eigenvalue weighted by molar-refractivity contribution is 9.10. The lowest BCUT2D eigenvalue weighted by Gasteiger charge is -2.26. The van der Waals surface area contributed by atoms with Crippen LogP contribution >= 0.6 is 15.9 Å². The summed E-state index contributed by atoms with van der Waals surface area (Å²) in [5.41, 5.74) is 3.00. The van der Waals surface area contributed by atoms with Gasteiger partial charge in [0.1, 0.15) is 11.6 Å². The van der Waals surface area contributed by atoms with E-state index < -0.39 is 0 Å². The first-order chi connectivity index (χ1) is 12.4. The molecule has 0 saturated carbocycles. The highest BCUT2D eigenvalue weighted by Crippen LogP contribution is 2.20. The quantitative estimate of drug-likeness (QED) is 0.536. The number of halogens is 1. The van der Waals surface area contributed by atoms with Crippen LogP contribution in [0.2, 0.25) is 0 Å². The predicted octanol–water partition coefficient (Wildman–Crippen LogP) is 5.01. The van der Waals surface area contributed by atoms with Gasteiger partial charge in [-0.3, -0.25) is 4.79 Å². The van der Waals surface area contributed by atoms with Crippen LogP contribution in [0.15, 0.2) is 64.8 Å². The number of nitrogens with one attached hydrogen (secondary N) is 1. The van der Waals surface area contributed by atoms with Crippen LogP contribution in [0.5, 0.6) is 0 Å². The third-order valence-electron chi connectivity index (χ3n) is 3.97. The van der Waals surface area contributed by atoms with Gasteiger partial charge in [0.15, 0.2) is 0 Å². The Kier molecular flexibility index (Phi) is 6.99. The molecule has 0 unspecified atom stereocenters. The van der Waals surface area contributed by atoms with Gasteiger partial charge in [0.2, 0.25) is 0 Å². The van der Waals surface area contributed by atoms with E-state index in [9.17, 15) is 10.1 Å². The molecule has 0 fully saturated rings. The molecule has 0 spiro atoms. The number of hydrogen-bond donors (Lipinski definition) is 1.